The van der Waals surface area contributed by atoms with Crippen molar-refractivity contribution in [1.82, 2.24) is 0 Å². The molecule has 1 aromatic carbocycles. The molecular formula is C31H47N. The van der Waals surface area contributed by atoms with E-state index in [9.17, 15) is 0 Å². The average molecular weight is 434 g/mol. The average Bonchev–Trinajstić information content (AvgIpc) is 2.85. The third-order valence-corrected chi connectivity index (χ3v) is 8.49. The number of rotatable bonds is 12. The number of aryl methyl sites for hydroxylation is 1. The van der Waals surface area contributed by atoms with E-state index in [1.54, 1.807) is 11.6 Å². The highest BCUT2D eigenvalue weighted by atomic mass is 14.3. The smallest absolute Gasteiger partial charge is 0.0908 e. The normalized spacial score (nSPS) is 26.2. The molecule has 0 bridgehead atoms. The summed E-state index contributed by atoms with van der Waals surface area (Å²) in [5, 5.41) is 8.58. The van der Waals surface area contributed by atoms with Crippen LogP contribution >= 0.6 is 0 Å². The summed E-state index contributed by atoms with van der Waals surface area (Å²) < 4.78 is 0. The molecule has 176 valence electrons. The van der Waals surface area contributed by atoms with Gasteiger partial charge in [0.1, 0.15) is 0 Å². The molecule has 0 aliphatic heterocycles. The van der Waals surface area contributed by atoms with Gasteiger partial charge >= 0.3 is 0 Å². The highest BCUT2D eigenvalue weighted by molar-refractivity contribution is 5.26. The fraction of sp³-hybridized carbons (Fsp3) is 0.710. The van der Waals surface area contributed by atoms with Crippen LogP contribution in [0.15, 0.2) is 36.4 Å². The van der Waals surface area contributed by atoms with Gasteiger partial charge in [-0.2, -0.15) is 5.26 Å². The first kappa shape index (κ1) is 25.1. The minimum Gasteiger partial charge on any atom is -0.193 e. The van der Waals surface area contributed by atoms with E-state index in [4.69, 9.17) is 5.26 Å². The fourth-order valence-corrected chi connectivity index (χ4v) is 6.26. The van der Waals surface area contributed by atoms with E-state index in [1.165, 1.54) is 108 Å². The van der Waals surface area contributed by atoms with Crippen molar-refractivity contribution in [3.8, 4) is 6.07 Å². The largest absolute Gasteiger partial charge is 0.193 e. The quantitative estimate of drug-likeness (QED) is 0.238. The van der Waals surface area contributed by atoms with Gasteiger partial charge in [0.05, 0.1) is 6.07 Å². The Bertz CT molecular complexity index is 678. The van der Waals surface area contributed by atoms with Crippen LogP contribution in [0.4, 0.5) is 0 Å². The van der Waals surface area contributed by atoms with Crippen LogP contribution in [0.3, 0.4) is 0 Å². The molecule has 32 heavy (non-hydrogen) atoms. The number of nitrogens with zero attached hydrogens (tertiary/aromatic N) is 1. The van der Waals surface area contributed by atoms with Gasteiger partial charge in [0.2, 0.25) is 0 Å². The van der Waals surface area contributed by atoms with Crippen LogP contribution in [0.2, 0.25) is 0 Å². The van der Waals surface area contributed by atoms with Crippen molar-refractivity contribution >= 4 is 0 Å². The van der Waals surface area contributed by atoms with Crippen molar-refractivity contribution in [2.75, 3.05) is 0 Å². The molecule has 0 atom stereocenters. The highest BCUT2D eigenvalue weighted by Gasteiger charge is 2.23. The van der Waals surface area contributed by atoms with Gasteiger partial charge in [-0.3, -0.25) is 0 Å². The molecule has 2 aliphatic rings. The second-order valence-electron chi connectivity index (χ2n) is 10.8. The van der Waals surface area contributed by atoms with Crippen molar-refractivity contribution in [2.45, 2.75) is 122 Å². The molecule has 1 aromatic rings. The first-order valence-corrected chi connectivity index (χ1v) is 13.9. The standard InChI is InChI=1S/C31H47N/c1-2-3-9-26-17-21-30(22-18-26)31-23-19-29(20-24-31)12-7-6-11-28-15-13-27(14-16-28)10-5-4-8-25-32/h4,8,17-18,21-22,27-29,31H,2-3,5-7,9-16,19-20,23-24H2,1H3/b8-4+. The maximum absolute atomic E-state index is 8.58. The molecule has 0 radical (unpaired) electrons. The van der Waals surface area contributed by atoms with Crippen molar-refractivity contribution in [3.63, 3.8) is 0 Å². The number of benzene rings is 1. The van der Waals surface area contributed by atoms with Gasteiger partial charge in [0.15, 0.2) is 0 Å². The molecule has 0 heterocycles. The summed E-state index contributed by atoms with van der Waals surface area (Å²) in [6.07, 6.45) is 27.3. The van der Waals surface area contributed by atoms with E-state index in [2.05, 4.69) is 37.3 Å². The van der Waals surface area contributed by atoms with Gasteiger partial charge in [-0.1, -0.05) is 95.1 Å². The third kappa shape index (κ3) is 8.77. The monoisotopic (exact) mass is 433 g/mol. The summed E-state index contributed by atoms with van der Waals surface area (Å²) in [5.74, 6) is 3.72. The van der Waals surface area contributed by atoms with Crippen LogP contribution in [-0.2, 0) is 6.42 Å². The zero-order valence-electron chi connectivity index (χ0n) is 20.7. The van der Waals surface area contributed by atoms with Crippen LogP contribution in [0.5, 0.6) is 0 Å². The molecule has 1 nitrogen and oxygen atoms in total. The lowest BCUT2D eigenvalue weighted by molar-refractivity contribution is 0.244. The molecule has 0 saturated heterocycles. The van der Waals surface area contributed by atoms with Gasteiger partial charge in [-0.15, -0.1) is 0 Å². The fourth-order valence-electron chi connectivity index (χ4n) is 6.26. The molecule has 2 aliphatic carbocycles. The summed E-state index contributed by atoms with van der Waals surface area (Å²) in [6.45, 7) is 2.28. The number of unbranched alkanes of at least 4 members (excludes halogenated alkanes) is 2. The van der Waals surface area contributed by atoms with Crippen LogP contribution in [0, 0.1) is 29.1 Å². The molecule has 0 spiro atoms. The molecule has 1 heteroatoms. The molecular weight excluding hydrogens is 386 g/mol. The number of allylic oxidation sites excluding steroid dienone is 2. The summed E-state index contributed by atoms with van der Waals surface area (Å²) in [4.78, 5) is 0. The molecule has 0 aromatic heterocycles. The molecule has 2 saturated carbocycles. The number of nitriles is 1. The maximum Gasteiger partial charge on any atom is 0.0908 e. The van der Waals surface area contributed by atoms with E-state index < -0.39 is 0 Å². The van der Waals surface area contributed by atoms with Crippen LogP contribution < -0.4 is 0 Å². The van der Waals surface area contributed by atoms with Gasteiger partial charge in [-0.05, 0) is 86.2 Å². The summed E-state index contributed by atoms with van der Waals surface area (Å²) in [6, 6.07) is 11.7. The van der Waals surface area contributed by atoms with E-state index in [0.717, 1.165) is 30.1 Å². The van der Waals surface area contributed by atoms with Crippen LogP contribution in [-0.4, -0.2) is 0 Å². The molecule has 0 amide bonds. The minimum atomic E-state index is 0.817. The molecule has 0 N–H and O–H groups in total. The molecule has 3 rings (SSSR count). The Balaban J connectivity index is 1.23. The van der Waals surface area contributed by atoms with Crippen molar-refractivity contribution in [3.05, 3.63) is 47.5 Å². The Hall–Kier alpha value is -1.55. The van der Waals surface area contributed by atoms with E-state index in [0.29, 0.717) is 0 Å². The summed E-state index contributed by atoms with van der Waals surface area (Å²) in [7, 11) is 0. The predicted molar refractivity (Wildman–Crippen MR) is 138 cm³/mol. The lowest BCUT2D eigenvalue weighted by atomic mass is 9.76. The van der Waals surface area contributed by atoms with E-state index >= 15 is 0 Å². The first-order valence-electron chi connectivity index (χ1n) is 13.9. The van der Waals surface area contributed by atoms with Crippen molar-refractivity contribution < 1.29 is 0 Å². The van der Waals surface area contributed by atoms with Crippen LogP contribution in [0.25, 0.3) is 0 Å². The number of hydrogen-bond acceptors (Lipinski definition) is 1. The number of hydrogen-bond donors (Lipinski definition) is 0. The Morgan fingerprint density at radius 1 is 0.781 bits per heavy atom. The van der Waals surface area contributed by atoms with Crippen molar-refractivity contribution in [1.29, 1.82) is 5.26 Å². The highest BCUT2D eigenvalue weighted by Crippen LogP contribution is 2.39. The van der Waals surface area contributed by atoms with Gasteiger partial charge < -0.3 is 0 Å². The van der Waals surface area contributed by atoms with Crippen molar-refractivity contribution in [2.24, 2.45) is 17.8 Å². The lowest BCUT2D eigenvalue weighted by Crippen LogP contribution is -2.15. The second-order valence-corrected chi connectivity index (χ2v) is 10.8. The zero-order valence-corrected chi connectivity index (χ0v) is 20.7. The second kappa shape index (κ2) is 14.6. The van der Waals surface area contributed by atoms with Gasteiger partial charge in [0.25, 0.3) is 0 Å². The lowest BCUT2D eigenvalue weighted by Gasteiger charge is -2.30. The van der Waals surface area contributed by atoms with E-state index in [-0.39, 0.29) is 0 Å². The summed E-state index contributed by atoms with van der Waals surface area (Å²) in [5.41, 5.74) is 3.12. The van der Waals surface area contributed by atoms with Gasteiger partial charge in [-0.25, -0.2) is 0 Å². The Labute approximate surface area is 198 Å². The Morgan fingerprint density at radius 3 is 1.91 bits per heavy atom. The maximum atomic E-state index is 8.58. The zero-order chi connectivity index (χ0) is 22.4. The molecule has 0 unspecified atom stereocenters. The SMILES string of the molecule is CCCCc1ccc(C2CCC(CCCCC3CCC(CC/C=C/C#N)CC3)CC2)cc1. The van der Waals surface area contributed by atoms with E-state index in [1.807, 2.05) is 6.08 Å². The van der Waals surface area contributed by atoms with Crippen LogP contribution in [0.1, 0.15) is 127 Å². The summed E-state index contributed by atoms with van der Waals surface area (Å²) >= 11 is 0. The molecule has 2 fully saturated rings. The first-order chi connectivity index (χ1) is 15.8. The predicted octanol–water partition coefficient (Wildman–Crippen LogP) is 9.53. The topological polar surface area (TPSA) is 23.8 Å². The third-order valence-electron chi connectivity index (χ3n) is 8.49. The minimum absolute atomic E-state index is 0.817. The Morgan fingerprint density at radius 2 is 1.34 bits per heavy atom. The Kier molecular flexibility index (Phi) is 11.4. The van der Waals surface area contributed by atoms with Gasteiger partial charge in [0, 0.05) is 6.08 Å².